The Bertz CT molecular complexity index is 195. The van der Waals surface area contributed by atoms with E-state index in [1.165, 1.54) is 6.08 Å². The van der Waals surface area contributed by atoms with E-state index in [0.717, 1.165) is 0 Å². The highest BCUT2D eigenvalue weighted by Gasteiger charge is 2.14. The van der Waals surface area contributed by atoms with Crippen LogP contribution in [0.1, 0.15) is 12.8 Å². The van der Waals surface area contributed by atoms with Gasteiger partial charge in [-0.15, -0.1) is 6.58 Å². The molecular formula is C8H10F2O2. The molecule has 1 unspecified atom stereocenters. The fraction of sp³-hybridized carbons (Fsp3) is 0.375. The van der Waals surface area contributed by atoms with E-state index < -0.39 is 18.0 Å². The minimum Gasteiger partial charge on any atom is -0.481 e. The van der Waals surface area contributed by atoms with E-state index in [0.29, 0.717) is 6.08 Å². The highest BCUT2D eigenvalue weighted by molar-refractivity contribution is 5.70. The third-order valence-corrected chi connectivity index (χ3v) is 1.36. The smallest absolute Gasteiger partial charge is 0.307 e. The Kier molecular flexibility index (Phi) is 4.92. The van der Waals surface area contributed by atoms with Crippen LogP contribution in [-0.2, 0) is 4.79 Å². The van der Waals surface area contributed by atoms with Crippen LogP contribution >= 0.6 is 0 Å². The summed E-state index contributed by atoms with van der Waals surface area (Å²) < 4.78 is 23.1. The van der Waals surface area contributed by atoms with Crippen molar-refractivity contribution in [1.82, 2.24) is 0 Å². The molecule has 0 heterocycles. The molecular weight excluding hydrogens is 166 g/mol. The standard InChI is InChI=1S/C8H10F2O2/c1-2-3-6(8(11)12)4-5-7(9)10/h2,5-6H,1,3-4H2,(H,11,12). The molecule has 0 fully saturated rings. The molecule has 0 saturated heterocycles. The SMILES string of the molecule is C=CCC(CC=C(F)F)C(=O)O. The van der Waals surface area contributed by atoms with Crippen molar-refractivity contribution in [1.29, 1.82) is 0 Å². The Morgan fingerprint density at radius 3 is 2.42 bits per heavy atom. The first-order valence-corrected chi connectivity index (χ1v) is 3.42. The largest absolute Gasteiger partial charge is 0.481 e. The van der Waals surface area contributed by atoms with Gasteiger partial charge in [0.05, 0.1) is 5.92 Å². The van der Waals surface area contributed by atoms with E-state index in [4.69, 9.17) is 5.11 Å². The molecule has 0 aromatic heterocycles. The maximum Gasteiger partial charge on any atom is 0.307 e. The van der Waals surface area contributed by atoms with Gasteiger partial charge in [-0.2, -0.15) is 8.78 Å². The fourth-order valence-corrected chi connectivity index (χ4v) is 0.730. The summed E-state index contributed by atoms with van der Waals surface area (Å²) in [6.07, 6.45) is 0.235. The maximum absolute atomic E-state index is 11.5. The van der Waals surface area contributed by atoms with Crippen molar-refractivity contribution >= 4 is 5.97 Å². The second-order valence-electron chi connectivity index (χ2n) is 2.29. The molecule has 0 bridgehead atoms. The van der Waals surface area contributed by atoms with Crippen LogP contribution in [0.15, 0.2) is 24.8 Å². The number of allylic oxidation sites excluding steroid dienone is 2. The molecule has 68 valence electrons. The van der Waals surface area contributed by atoms with Crippen LogP contribution in [0.4, 0.5) is 8.78 Å². The molecule has 0 rings (SSSR count). The number of rotatable bonds is 5. The van der Waals surface area contributed by atoms with Gasteiger partial charge in [-0.3, -0.25) is 4.79 Å². The third-order valence-electron chi connectivity index (χ3n) is 1.36. The van der Waals surface area contributed by atoms with Crippen molar-refractivity contribution < 1.29 is 18.7 Å². The number of carboxylic acids is 1. The predicted octanol–water partition coefficient (Wildman–Crippen LogP) is 2.43. The fourth-order valence-electron chi connectivity index (χ4n) is 0.730. The van der Waals surface area contributed by atoms with E-state index >= 15 is 0 Å². The Balaban J connectivity index is 4.04. The Hall–Kier alpha value is -1.19. The van der Waals surface area contributed by atoms with Crippen LogP contribution in [0.5, 0.6) is 0 Å². The number of aliphatic carboxylic acids is 1. The number of hydrogen-bond acceptors (Lipinski definition) is 1. The molecule has 0 amide bonds. The zero-order valence-electron chi connectivity index (χ0n) is 6.46. The van der Waals surface area contributed by atoms with Crippen molar-refractivity contribution in [3.63, 3.8) is 0 Å². The second kappa shape index (κ2) is 5.46. The summed E-state index contributed by atoms with van der Waals surface area (Å²) in [7, 11) is 0. The molecule has 12 heavy (non-hydrogen) atoms. The second-order valence-corrected chi connectivity index (χ2v) is 2.29. The van der Waals surface area contributed by atoms with Gasteiger partial charge in [0.1, 0.15) is 0 Å². The van der Waals surface area contributed by atoms with Crippen molar-refractivity contribution in [2.45, 2.75) is 12.8 Å². The lowest BCUT2D eigenvalue weighted by atomic mass is 10.0. The topological polar surface area (TPSA) is 37.3 Å². The third kappa shape index (κ3) is 4.60. The number of carboxylic acid groups (broad SMARTS) is 1. The van der Waals surface area contributed by atoms with Gasteiger partial charge in [0.15, 0.2) is 0 Å². The molecule has 0 saturated carbocycles. The minimum absolute atomic E-state index is 0.149. The van der Waals surface area contributed by atoms with Crippen LogP contribution < -0.4 is 0 Å². The molecule has 1 N–H and O–H groups in total. The van der Waals surface area contributed by atoms with Gasteiger partial charge in [0, 0.05) is 0 Å². The van der Waals surface area contributed by atoms with Gasteiger partial charge >= 0.3 is 5.97 Å². The molecule has 0 radical (unpaired) electrons. The molecule has 0 aliphatic heterocycles. The Labute approximate surface area is 69.2 Å². The summed E-state index contributed by atoms with van der Waals surface area (Å²) in [5, 5.41) is 8.50. The van der Waals surface area contributed by atoms with Gasteiger partial charge in [0.2, 0.25) is 0 Å². The first-order chi connectivity index (χ1) is 5.57. The van der Waals surface area contributed by atoms with Crippen LogP contribution in [0, 0.1) is 5.92 Å². The van der Waals surface area contributed by atoms with Crippen molar-refractivity contribution in [3.8, 4) is 0 Å². The molecule has 0 aliphatic carbocycles. The molecule has 2 nitrogen and oxygen atoms in total. The highest BCUT2D eigenvalue weighted by Crippen LogP contribution is 2.12. The van der Waals surface area contributed by atoms with Gasteiger partial charge < -0.3 is 5.11 Å². The lowest BCUT2D eigenvalue weighted by molar-refractivity contribution is -0.141. The van der Waals surface area contributed by atoms with Gasteiger partial charge in [-0.1, -0.05) is 6.08 Å². The van der Waals surface area contributed by atoms with Crippen LogP contribution in [0.2, 0.25) is 0 Å². The zero-order valence-corrected chi connectivity index (χ0v) is 6.46. The Morgan fingerprint density at radius 1 is 1.50 bits per heavy atom. The van der Waals surface area contributed by atoms with Gasteiger partial charge in [-0.25, -0.2) is 0 Å². The summed E-state index contributed by atoms with van der Waals surface area (Å²) in [5.41, 5.74) is 0. The minimum atomic E-state index is -1.84. The first kappa shape index (κ1) is 10.8. The van der Waals surface area contributed by atoms with Crippen LogP contribution in [0.3, 0.4) is 0 Å². The van der Waals surface area contributed by atoms with E-state index in [2.05, 4.69) is 6.58 Å². The monoisotopic (exact) mass is 176 g/mol. The van der Waals surface area contributed by atoms with Crippen molar-refractivity contribution in [2.24, 2.45) is 5.92 Å². The summed E-state index contributed by atoms with van der Waals surface area (Å²) >= 11 is 0. The van der Waals surface area contributed by atoms with Crippen LogP contribution in [-0.4, -0.2) is 11.1 Å². The van der Waals surface area contributed by atoms with Crippen LogP contribution in [0.25, 0.3) is 0 Å². The molecule has 0 aromatic carbocycles. The van der Waals surface area contributed by atoms with E-state index in [1.54, 1.807) is 0 Å². The molecule has 1 atom stereocenters. The average Bonchev–Trinajstić information content (AvgIpc) is 1.96. The normalized spacial score (nSPS) is 11.8. The quantitative estimate of drug-likeness (QED) is 0.653. The summed E-state index contributed by atoms with van der Waals surface area (Å²) in [4.78, 5) is 10.4. The van der Waals surface area contributed by atoms with Gasteiger partial charge in [-0.05, 0) is 18.9 Å². The van der Waals surface area contributed by atoms with Crippen molar-refractivity contribution in [2.75, 3.05) is 0 Å². The lowest BCUT2D eigenvalue weighted by Gasteiger charge is -2.04. The summed E-state index contributed by atoms with van der Waals surface area (Å²) in [6.45, 7) is 3.34. The summed E-state index contributed by atoms with van der Waals surface area (Å²) in [6, 6.07) is 0. The number of carbonyl (C=O) groups is 1. The average molecular weight is 176 g/mol. The molecule has 4 heteroatoms. The van der Waals surface area contributed by atoms with Crippen molar-refractivity contribution in [3.05, 3.63) is 24.8 Å². The van der Waals surface area contributed by atoms with Gasteiger partial charge in [0.25, 0.3) is 6.08 Å². The highest BCUT2D eigenvalue weighted by atomic mass is 19.3. The number of hydrogen-bond donors (Lipinski definition) is 1. The lowest BCUT2D eigenvalue weighted by Crippen LogP contribution is -2.11. The predicted molar refractivity (Wildman–Crippen MR) is 40.9 cm³/mol. The number of halogens is 2. The molecule has 0 aliphatic rings. The Morgan fingerprint density at radius 2 is 2.08 bits per heavy atom. The maximum atomic E-state index is 11.5. The van der Waals surface area contributed by atoms with E-state index in [1.807, 2.05) is 0 Å². The molecule has 0 aromatic rings. The van der Waals surface area contributed by atoms with E-state index in [-0.39, 0.29) is 12.8 Å². The van der Waals surface area contributed by atoms with E-state index in [9.17, 15) is 13.6 Å². The zero-order chi connectivity index (χ0) is 9.56. The summed E-state index contributed by atoms with van der Waals surface area (Å²) in [5.74, 6) is -1.86. The first-order valence-electron chi connectivity index (χ1n) is 3.42. The molecule has 0 spiro atoms.